The molecule has 0 radical (unpaired) electrons. The molecule has 0 fully saturated rings. The summed E-state index contributed by atoms with van der Waals surface area (Å²) in [6.45, 7) is 4.47. The third-order valence-corrected chi connectivity index (χ3v) is 8.70. The topological polar surface area (TPSA) is 18.5 Å². The van der Waals surface area contributed by atoms with Gasteiger partial charge in [-0.2, -0.15) is 0 Å². The molecule has 5 aromatic carbocycles. The fraction of sp³-hybridized carbons (Fsp3) is 0.211. The predicted octanol–water partition coefficient (Wildman–Crippen LogP) is 9.77. The van der Waals surface area contributed by atoms with Crippen LogP contribution in [0, 0.1) is 0 Å². The lowest BCUT2D eigenvalue weighted by Gasteiger charge is -2.31. The molecule has 2 heteroatoms. The van der Waals surface area contributed by atoms with Gasteiger partial charge in [0.1, 0.15) is 23.0 Å². The van der Waals surface area contributed by atoms with E-state index < -0.39 is 0 Å². The van der Waals surface area contributed by atoms with Crippen LogP contribution < -0.4 is 9.47 Å². The second-order valence-corrected chi connectivity index (χ2v) is 11.0. The average molecular weight is 523 g/mol. The minimum absolute atomic E-state index is 0.281. The summed E-state index contributed by atoms with van der Waals surface area (Å²) < 4.78 is 12.7. The van der Waals surface area contributed by atoms with Crippen LogP contribution in [0.5, 0.6) is 23.0 Å². The van der Waals surface area contributed by atoms with E-state index >= 15 is 0 Å². The van der Waals surface area contributed by atoms with Crippen molar-refractivity contribution in [1.29, 1.82) is 0 Å². The lowest BCUT2D eigenvalue weighted by Crippen LogP contribution is -2.15. The second-order valence-electron chi connectivity index (χ2n) is 11.0. The molecule has 2 aliphatic heterocycles. The number of aryl methyl sites for hydroxylation is 2. The van der Waals surface area contributed by atoms with Crippen LogP contribution in [-0.2, 0) is 25.7 Å². The van der Waals surface area contributed by atoms with Gasteiger partial charge in [-0.3, -0.25) is 0 Å². The van der Waals surface area contributed by atoms with E-state index in [1.807, 2.05) is 0 Å². The summed E-state index contributed by atoms with van der Waals surface area (Å²) in [5.41, 5.74) is 10.7. The van der Waals surface area contributed by atoms with Gasteiger partial charge >= 0.3 is 0 Å². The molecule has 40 heavy (non-hydrogen) atoms. The minimum Gasteiger partial charge on any atom is -0.457 e. The molecule has 0 aliphatic carbocycles. The van der Waals surface area contributed by atoms with E-state index in [9.17, 15) is 0 Å². The Kier molecular flexibility index (Phi) is 6.40. The van der Waals surface area contributed by atoms with Gasteiger partial charge in [0.05, 0.1) is 0 Å². The highest BCUT2D eigenvalue weighted by molar-refractivity contribution is 5.58. The van der Waals surface area contributed by atoms with Gasteiger partial charge in [-0.1, -0.05) is 98.8 Å². The van der Waals surface area contributed by atoms with Crippen LogP contribution >= 0.6 is 0 Å². The summed E-state index contributed by atoms with van der Waals surface area (Å²) in [7, 11) is 0. The summed E-state index contributed by atoms with van der Waals surface area (Å²) in [4.78, 5) is 0. The van der Waals surface area contributed by atoms with E-state index in [4.69, 9.17) is 9.47 Å². The van der Waals surface area contributed by atoms with Crippen LogP contribution in [0.2, 0.25) is 0 Å². The normalized spacial score (nSPS) is 16.6. The molecule has 0 bridgehead atoms. The molecule has 0 saturated carbocycles. The summed E-state index contributed by atoms with van der Waals surface area (Å²) >= 11 is 0. The number of fused-ring (bicyclic) bond motifs is 4. The lowest BCUT2D eigenvalue weighted by molar-refractivity contribution is 0.442. The number of rotatable bonds is 6. The molecular formula is C38H34O2. The molecule has 2 heterocycles. The first-order valence-corrected chi connectivity index (χ1v) is 14.6. The Morgan fingerprint density at radius 2 is 0.850 bits per heavy atom. The van der Waals surface area contributed by atoms with Crippen LogP contribution in [0.25, 0.3) is 0 Å². The van der Waals surface area contributed by atoms with Gasteiger partial charge in [-0.25, -0.2) is 0 Å². The number of ether oxygens (including phenoxy) is 2. The molecule has 2 unspecified atom stereocenters. The van der Waals surface area contributed by atoms with Crippen molar-refractivity contribution in [2.45, 2.75) is 51.4 Å². The standard InChI is InChI=1S/C38H34O2/c1-3-27-11-9-17-35-37(27)31(29-13-5-7-15-33(29)39-35)23-25-19-21-26(22-20-25)24-32-30-14-6-8-16-34(30)40-36-18-10-12-28(4-2)38(32)36/h5-22,31-32H,3-4,23-24H2,1-2H3. The maximum atomic E-state index is 6.36. The van der Waals surface area contributed by atoms with Gasteiger partial charge in [-0.05, 0) is 72.2 Å². The maximum Gasteiger partial charge on any atom is 0.131 e. The first kappa shape index (κ1) is 24.7. The summed E-state index contributed by atoms with van der Waals surface area (Å²) in [6.07, 6.45) is 3.90. The van der Waals surface area contributed by atoms with Crippen molar-refractivity contribution in [2.24, 2.45) is 0 Å². The highest BCUT2D eigenvalue weighted by atomic mass is 16.5. The van der Waals surface area contributed by atoms with Gasteiger partial charge in [0, 0.05) is 34.1 Å². The fourth-order valence-electron chi connectivity index (χ4n) is 6.74. The average Bonchev–Trinajstić information content (AvgIpc) is 3.01. The maximum absolute atomic E-state index is 6.36. The predicted molar refractivity (Wildman–Crippen MR) is 162 cm³/mol. The molecule has 2 aliphatic rings. The molecule has 2 nitrogen and oxygen atoms in total. The quantitative estimate of drug-likeness (QED) is 0.221. The van der Waals surface area contributed by atoms with Crippen molar-refractivity contribution in [2.75, 3.05) is 0 Å². The third-order valence-electron chi connectivity index (χ3n) is 8.70. The smallest absolute Gasteiger partial charge is 0.131 e. The van der Waals surface area contributed by atoms with Crippen LogP contribution in [0.4, 0.5) is 0 Å². The van der Waals surface area contributed by atoms with Crippen LogP contribution in [0.3, 0.4) is 0 Å². The molecule has 0 amide bonds. The second kappa shape index (κ2) is 10.4. The molecular weight excluding hydrogens is 488 g/mol. The van der Waals surface area contributed by atoms with Gasteiger partial charge < -0.3 is 9.47 Å². The van der Waals surface area contributed by atoms with Gasteiger partial charge in [-0.15, -0.1) is 0 Å². The zero-order chi connectivity index (χ0) is 27.1. The van der Waals surface area contributed by atoms with E-state index in [1.54, 1.807) is 0 Å². The Morgan fingerprint density at radius 3 is 1.27 bits per heavy atom. The Morgan fingerprint density at radius 1 is 0.450 bits per heavy atom. The molecule has 2 atom stereocenters. The molecule has 0 saturated heterocycles. The number of benzene rings is 5. The highest BCUT2D eigenvalue weighted by Gasteiger charge is 2.31. The van der Waals surface area contributed by atoms with Crippen molar-refractivity contribution in [3.63, 3.8) is 0 Å². The molecule has 0 spiro atoms. The zero-order valence-electron chi connectivity index (χ0n) is 23.2. The van der Waals surface area contributed by atoms with Crippen LogP contribution in [0.15, 0.2) is 109 Å². The van der Waals surface area contributed by atoms with Crippen molar-refractivity contribution in [1.82, 2.24) is 0 Å². The molecule has 0 N–H and O–H groups in total. The van der Waals surface area contributed by atoms with Crippen molar-refractivity contribution < 1.29 is 9.47 Å². The third kappa shape index (κ3) is 4.29. The molecule has 5 aromatic rings. The monoisotopic (exact) mass is 522 g/mol. The Labute approximate surface area is 237 Å². The minimum atomic E-state index is 0.281. The SMILES string of the molecule is CCc1cccc2c1C(Cc1ccc(CC3c4ccccc4Oc4cccc(CC)c43)cc1)c1ccccc1O2. The fourth-order valence-corrected chi connectivity index (χ4v) is 6.74. The number of hydrogen-bond acceptors (Lipinski definition) is 2. The van der Waals surface area contributed by atoms with Crippen molar-refractivity contribution >= 4 is 0 Å². The molecule has 0 aromatic heterocycles. The van der Waals surface area contributed by atoms with Gasteiger partial charge in [0.25, 0.3) is 0 Å². The molecule has 198 valence electrons. The first-order valence-electron chi connectivity index (χ1n) is 14.6. The zero-order valence-corrected chi connectivity index (χ0v) is 23.2. The van der Waals surface area contributed by atoms with Gasteiger partial charge in [0.2, 0.25) is 0 Å². The van der Waals surface area contributed by atoms with E-state index in [1.165, 1.54) is 44.5 Å². The summed E-state index contributed by atoms with van der Waals surface area (Å²) in [5.74, 6) is 4.53. The molecule has 7 rings (SSSR count). The van der Waals surface area contributed by atoms with E-state index in [2.05, 4.69) is 123 Å². The van der Waals surface area contributed by atoms with Crippen LogP contribution in [0.1, 0.15) is 70.2 Å². The van der Waals surface area contributed by atoms with E-state index in [0.717, 1.165) is 48.7 Å². The van der Waals surface area contributed by atoms with Crippen molar-refractivity contribution in [3.05, 3.63) is 154 Å². The number of hydrogen-bond donors (Lipinski definition) is 0. The van der Waals surface area contributed by atoms with Gasteiger partial charge in [0.15, 0.2) is 0 Å². The Balaban J connectivity index is 1.21. The van der Waals surface area contributed by atoms with E-state index in [-0.39, 0.29) is 11.8 Å². The summed E-state index contributed by atoms with van der Waals surface area (Å²) in [6, 6.07) is 39.4. The Hall–Kier alpha value is -4.30. The van der Waals surface area contributed by atoms with Crippen LogP contribution in [-0.4, -0.2) is 0 Å². The lowest BCUT2D eigenvalue weighted by atomic mass is 9.79. The Bertz CT molecular complexity index is 1560. The largest absolute Gasteiger partial charge is 0.457 e. The van der Waals surface area contributed by atoms with E-state index in [0.29, 0.717) is 0 Å². The first-order chi connectivity index (χ1) is 19.7. The highest BCUT2D eigenvalue weighted by Crippen LogP contribution is 2.48. The van der Waals surface area contributed by atoms with Crippen molar-refractivity contribution in [3.8, 4) is 23.0 Å². The summed E-state index contributed by atoms with van der Waals surface area (Å²) in [5, 5.41) is 0. The number of para-hydroxylation sites is 2.